The first-order valence-corrected chi connectivity index (χ1v) is 10.5. The maximum atomic E-state index is 6.48. The molecule has 5 rings (SSSR count). The topological polar surface area (TPSA) is 26.0 Å². The molecule has 0 aliphatic heterocycles. The fraction of sp³-hybridized carbons (Fsp3) is 0.0690. The fourth-order valence-corrected chi connectivity index (χ4v) is 4.05. The third-order valence-corrected chi connectivity index (χ3v) is 5.60. The lowest BCUT2D eigenvalue weighted by Crippen LogP contribution is -2.05. The summed E-state index contributed by atoms with van der Waals surface area (Å²) in [6, 6.07) is 39.5. The lowest BCUT2D eigenvalue weighted by molar-refractivity contribution is 0.586. The molecule has 5 aromatic rings. The second-order valence-corrected chi connectivity index (χ2v) is 7.67. The van der Waals surface area contributed by atoms with Crippen LogP contribution < -0.4 is 0 Å². The van der Waals surface area contributed by atoms with Gasteiger partial charge >= 0.3 is 0 Å². The molecule has 0 bridgehead atoms. The van der Waals surface area contributed by atoms with Crippen molar-refractivity contribution in [1.82, 2.24) is 4.98 Å². The van der Waals surface area contributed by atoms with Crippen molar-refractivity contribution in [3.8, 4) is 22.8 Å². The van der Waals surface area contributed by atoms with Gasteiger partial charge in [0.2, 0.25) is 5.89 Å². The van der Waals surface area contributed by atoms with E-state index in [9.17, 15) is 0 Å². The van der Waals surface area contributed by atoms with E-state index in [1.807, 2.05) is 42.5 Å². The monoisotopic (exact) mass is 401 g/mol. The summed E-state index contributed by atoms with van der Waals surface area (Å²) in [6.45, 7) is 2.09. The molecule has 0 spiro atoms. The van der Waals surface area contributed by atoms with Crippen LogP contribution in [0.5, 0.6) is 0 Å². The van der Waals surface area contributed by atoms with Gasteiger partial charge in [-0.25, -0.2) is 4.98 Å². The summed E-state index contributed by atoms with van der Waals surface area (Å²) in [5.74, 6) is 1.44. The largest absolute Gasteiger partial charge is 0.436 e. The molecule has 1 heterocycles. The first-order valence-electron chi connectivity index (χ1n) is 10.5. The molecule has 2 nitrogen and oxygen atoms in total. The van der Waals surface area contributed by atoms with Gasteiger partial charge in [0, 0.05) is 11.1 Å². The second kappa shape index (κ2) is 8.45. The number of aromatic nitrogens is 1. The molecule has 0 unspecified atom stereocenters. The molecular formula is C29H23NO. The van der Waals surface area contributed by atoms with E-state index < -0.39 is 0 Å². The lowest BCUT2D eigenvalue weighted by Gasteiger charge is -2.17. The summed E-state index contributed by atoms with van der Waals surface area (Å²) in [7, 11) is 0. The molecule has 0 aliphatic rings. The van der Waals surface area contributed by atoms with E-state index in [2.05, 4.69) is 79.7 Å². The predicted molar refractivity (Wildman–Crippen MR) is 126 cm³/mol. The maximum absolute atomic E-state index is 6.48. The Balaban J connectivity index is 1.77. The van der Waals surface area contributed by atoms with Crippen molar-refractivity contribution in [2.24, 2.45) is 0 Å². The average Bonchev–Trinajstić information content (AvgIpc) is 3.26. The van der Waals surface area contributed by atoms with Crippen LogP contribution >= 0.6 is 0 Å². The van der Waals surface area contributed by atoms with Gasteiger partial charge in [-0.1, -0.05) is 109 Å². The summed E-state index contributed by atoms with van der Waals surface area (Å²) >= 11 is 0. The van der Waals surface area contributed by atoms with E-state index in [1.54, 1.807) is 0 Å². The van der Waals surface area contributed by atoms with Gasteiger partial charge in [0.1, 0.15) is 0 Å². The zero-order valence-electron chi connectivity index (χ0n) is 17.4. The minimum Gasteiger partial charge on any atom is -0.436 e. The number of hydrogen-bond donors (Lipinski definition) is 0. The molecule has 2 heteroatoms. The van der Waals surface area contributed by atoms with E-state index >= 15 is 0 Å². The van der Waals surface area contributed by atoms with Gasteiger partial charge in [0.25, 0.3) is 0 Å². The van der Waals surface area contributed by atoms with Crippen LogP contribution in [-0.2, 0) is 0 Å². The van der Waals surface area contributed by atoms with Gasteiger partial charge in [0.05, 0.1) is 11.6 Å². The van der Waals surface area contributed by atoms with Crippen LogP contribution in [0.1, 0.15) is 28.3 Å². The highest BCUT2D eigenvalue weighted by atomic mass is 16.4. The average molecular weight is 402 g/mol. The highest BCUT2D eigenvalue weighted by molar-refractivity contribution is 5.68. The Morgan fingerprint density at radius 3 is 1.71 bits per heavy atom. The van der Waals surface area contributed by atoms with E-state index in [4.69, 9.17) is 9.40 Å². The van der Waals surface area contributed by atoms with Crippen LogP contribution in [0.15, 0.2) is 120 Å². The van der Waals surface area contributed by atoms with Crippen molar-refractivity contribution < 1.29 is 4.42 Å². The maximum Gasteiger partial charge on any atom is 0.227 e. The molecule has 0 saturated carbocycles. The fourth-order valence-electron chi connectivity index (χ4n) is 4.05. The zero-order chi connectivity index (χ0) is 21.0. The Bertz CT molecular complexity index is 1230. The number of rotatable bonds is 5. The highest BCUT2D eigenvalue weighted by Crippen LogP contribution is 2.40. The number of aryl methyl sites for hydroxylation is 1. The standard InChI is InChI=1S/C29H23NO/c1-21-13-11-12-20-25(21)29-30-27(28(31-29)24-18-9-4-10-19-24)26(22-14-5-2-6-15-22)23-16-7-3-8-17-23/h2-20,26H,1H3. The SMILES string of the molecule is Cc1ccccc1-c1nc(C(c2ccccc2)c2ccccc2)c(-c2ccccc2)o1. The van der Waals surface area contributed by atoms with E-state index in [-0.39, 0.29) is 5.92 Å². The van der Waals surface area contributed by atoms with Crippen molar-refractivity contribution in [1.29, 1.82) is 0 Å². The summed E-state index contributed by atoms with van der Waals surface area (Å²) in [5, 5.41) is 0. The normalized spacial score (nSPS) is 11.0. The minimum absolute atomic E-state index is 0.0286. The number of benzene rings is 4. The molecule has 31 heavy (non-hydrogen) atoms. The van der Waals surface area contributed by atoms with Gasteiger partial charge in [-0.3, -0.25) is 0 Å². The molecule has 0 aliphatic carbocycles. The quantitative estimate of drug-likeness (QED) is 0.305. The Labute approximate surface area is 182 Å². The minimum atomic E-state index is -0.0286. The van der Waals surface area contributed by atoms with Crippen LogP contribution in [0.3, 0.4) is 0 Å². The smallest absolute Gasteiger partial charge is 0.227 e. The van der Waals surface area contributed by atoms with Crippen molar-refractivity contribution in [2.45, 2.75) is 12.8 Å². The third kappa shape index (κ3) is 3.80. The number of oxazole rings is 1. The van der Waals surface area contributed by atoms with Crippen molar-refractivity contribution in [2.75, 3.05) is 0 Å². The second-order valence-electron chi connectivity index (χ2n) is 7.67. The molecule has 0 saturated heterocycles. The van der Waals surface area contributed by atoms with Gasteiger partial charge < -0.3 is 4.42 Å². The molecule has 0 N–H and O–H groups in total. The molecular weight excluding hydrogens is 378 g/mol. The Hall–Kier alpha value is -3.91. The third-order valence-electron chi connectivity index (χ3n) is 5.60. The first kappa shape index (κ1) is 19.1. The zero-order valence-corrected chi connectivity index (χ0v) is 17.4. The van der Waals surface area contributed by atoms with Crippen molar-refractivity contribution >= 4 is 0 Å². The summed E-state index contributed by atoms with van der Waals surface area (Å²) in [5.41, 5.74) is 6.51. The highest BCUT2D eigenvalue weighted by Gasteiger charge is 2.27. The molecule has 0 fully saturated rings. The van der Waals surface area contributed by atoms with Gasteiger partial charge in [0.15, 0.2) is 5.76 Å². The molecule has 0 amide bonds. The number of hydrogen-bond acceptors (Lipinski definition) is 2. The van der Waals surface area contributed by atoms with Crippen LogP contribution in [0.4, 0.5) is 0 Å². The summed E-state index contributed by atoms with van der Waals surface area (Å²) < 4.78 is 6.48. The van der Waals surface area contributed by atoms with Crippen LogP contribution in [0.25, 0.3) is 22.8 Å². The summed E-state index contributed by atoms with van der Waals surface area (Å²) in [4.78, 5) is 5.10. The molecule has 4 aromatic carbocycles. The van der Waals surface area contributed by atoms with Crippen LogP contribution in [0.2, 0.25) is 0 Å². The molecule has 1 aromatic heterocycles. The Kier molecular flexibility index (Phi) is 5.20. The van der Waals surface area contributed by atoms with E-state index in [1.165, 1.54) is 11.1 Å². The predicted octanol–water partition coefficient (Wildman–Crippen LogP) is 7.50. The van der Waals surface area contributed by atoms with Gasteiger partial charge in [-0.2, -0.15) is 0 Å². The van der Waals surface area contributed by atoms with Crippen LogP contribution in [0, 0.1) is 6.92 Å². The Morgan fingerprint density at radius 2 is 1.13 bits per heavy atom. The van der Waals surface area contributed by atoms with E-state index in [0.717, 1.165) is 28.1 Å². The molecule has 150 valence electrons. The molecule has 0 radical (unpaired) electrons. The first-order chi connectivity index (χ1) is 15.3. The lowest BCUT2D eigenvalue weighted by atomic mass is 9.87. The number of nitrogens with zero attached hydrogens (tertiary/aromatic N) is 1. The summed E-state index contributed by atoms with van der Waals surface area (Å²) in [6.07, 6.45) is 0. The molecule has 0 atom stereocenters. The van der Waals surface area contributed by atoms with Crippen molar-refractivity contribution in [3.05, 3.63) is 138 Å². The van der Waals surface area contributed by atoms with Crippen molar-refractivity contribution in [3.63, 3.8) is 0 Å². The van der Waals surface area contributed by atoms with Crippen LogP contribution in [-0.4, -0.2) is 4.98 Å². The van der Waals surface area contributed by atoms with Gasteiger partial charge in [-0.15, -0.1) is 0 Å². The Morgan fingerprint density at radius 1 is 0.613 bits per heavy atom. The van der Waals surface area contributed by atoms with Gasteiger partial charge in [-0.05, 0) is 29.7 Å². The van der Waals surface area contributed by atoms with E-state index in [0.29, 0.717) is 5.89 Å².